The second kappa shape index (κ2) is 6.89. The van der Waals surface area contributed by atoms with Crippen molar-refractivity contribution >= 4 is 11.6 Å². The van der Waals surface area contributed by atoms with E-state index in [-0.39, 0.29) is 5.91 Å². The van der Waals surface area contributed by atoms with Crippen LogP contribution in [-0.4, -0.2) is 30.1 Å². The minimum Gasteiger partial charge on any atom is -0.493 e. The maximum Gasteiger partial charge on any atom is 0.259 e. The summed E-state index contributed by atoms with van der Waals surface area (Å²) in [7, 11) is 3.11. The van der Waals surface area contributed by atoms with Gasteiger partial charge in [0.15, 0.2) is 11.5 Å². The van der Waals surface area contributed by atoms with Crippen molar-refractivity contribution in [2.75, 3.05) is 19.5 Å². The van der Waals surface area contributed by atoms with E-state index in [1.165, 1.54) is 0 Å². The van der Waals surface area contributed by atoms with Gasteiger partial charge < -0.3 is 14.8 Å². The van der Waals surface area contributed by atoms with E-state index in [1.807, 2.05) is 6.92 Å². The molecule has 0 aliphatic heterocycles. The van der Waals surface area contributed by atoms with Gasteiger partial charge >= 0.3 is 0 Å². The molecule has 0 aliphatic rings. The second-order valence-electron chi connectivity index (χ2n) is 4.66. The monoisotopic (exact) mass is 301 g/mol. The summed E-state index contributed by atoms with van der Waals surface area (Å²) in [5, 5.41) is 2.81. The Bertz CT molecular complexity index is 686. The fraction of sp³-hybridized carbons (Fsp3) is 0.312. The molecule has 1 N–H and O–H groups in total. The molecule has 1 aromatic carbocycles. The zero-order valence-corrected chi connectivity index (χ0v) is 13.1. The van der Waals surface area contributed by atoms with Crippen molar-refractivity contribution in [2.45, 2.75) is 20.3 Å². The third-order valence-corrected chi connectivity index (χ3v) is 3.23. The van der Waals surface area contributed by atoms with Gasteiger partial charge in [-0.3, -0.25) is 4.79 Å². The maximum atomic E-state index is 12.3. The number of hydrogen-bond donors (Lipinski definition) is 1. The molecule has 1 heterocycles. The molecule has 0 bridgehead atoms. The van der Waals surface area contributed by atoms with Crippen LogP contribution in [0.4, 0.5) is 5.69 Å². The summed E-state index contributed by atoms with van der Waals surface area (Å²) in [5.74, 6) is 1.62. The van der Waals surface area contributed by atoms with Crippen LogP contribution in [0.5, 0.6) is 11.5 Å². The minimum absolute atomic E-state index is 0.257. The zero-order chi connectivity index (χ0) is 16.1. The smallest absolute Gasteiger partial charge is 0.259 e. The Kier molecular flexibility index (Phi) is 4.93. The third-order valence-electron chi connectivity index (χ3n) is 3.23. The molecule has 0 fully saturated rings. The van der Waals surface area contributed by atoms with Crippen molar-refractivity contribution in [1.82, 2.24) is 9.97 Å². The Morgan fingerprint density at radius 3 is 2.55 bits per heavy atom. The van der Waals surface area contributed by atoms with Crippen LogP contribution in [0.3, 0.4) is 0 Å². The summed E-state index contributed by atoms with van der Waals surface area (Å²) in [6.45, 7) is 3.77. The number of methoxy groups -OCH3 is 2. The van der Waals surface area contributed by atoms with Gasteiger partial charge in [-0.15, -0.1) is 0 Å². The molecule has 1 aromatic heterocycles. The van der Waals surface area contributed by atoms with Crippen LogP contribution in [0.15, 0.2) is 24.4 Å². The molecule has 22 heavy (non-hydrogen) atoms. The molecule has 6 heteroatoms. The number of hydrogen-bond acceptors (Lipinski definition) is 5. The Morgan fingerprint density at radius 1 is 1.23 bits per heavy atom. The number of nitrogens with zero attached hydrogens (tertiary/aromatic N) is 2. The summed E-state index contributed by atoms with van der Waals surface area (Å²) in [4.78, 5) is 20.8. The molecule has 6 nitrogen and oxygen atoms in total. The number of carbonyl (C=O) groups is 1. The standard InChI is InChI=1S/C16H19N3O3/c1-5-15-17-9-12(10(2)18-15)16(20)19-11-6-7-13(21-3)14(8-11)22-4/h6-9H,5H2,1-4H3,(H,19,20). The van der Waals surface area contributed by atoms with Gasteiger partial charge in [-0.1, -0.05) is 6.92 Å². The molecule has 0 atom stereocenters. The molecule has 0 saturated carbocycles. The first-order valence-electron chi connectivity index (χ1n) is 6.95. The van der Waals surface area contributed by atoms with Crippen molar-refractivity contribution in [3.05, 3.63) is 41.5 Å². The van der Waals surface area contributed by atoms with Crippen LogP contribution >= 0.6 is 0 Å². The molecule has 116 valence electrons. The highest BCUT2D eigenvalue weighted by molar-refractivity contribution is 6.04. The van der Waals surface area contributed by atoms with Crippen molar-refractivity contribution in [3.63, 3.8) is 0 Å². The van der Waals surface area contributed by atoms with Crippen LogP contribution < -0.4 is 14.8 Å². The average molecular weight is 301 g/mol. The highest BCUT2D eigenvalue weighted by Gasteiger charge is 2.13. The van der Waals surface area contributed by atoms with Crippen LogP contribution in [0, 0.1) is 6.92 Å². The van der Waals surface area contributed by atoms with Gasteiger partial charge in [0.25, 0.3) is 5.91 Å². The summed E-state index contributed by atoms with van der Waals surface area (Å²) < 4.78 is 10.4. The highest BCUT2D eigenvalue weighted by Crippen LogP contribution is 2.29. The lowest BCUT2D eigenvalue weighted by atomic mass is 10.2. The van der Waals surface area contributed by atoms with Gasteiger partial charge in [0.2, 0.25) is 0 Å². The summed E-state index contributed by atoms with van der Waals surface area (Å²) >= 11 is 0. The van der Waals surface area contributed by atoms with Crippen LogP contribution in [0.2, 0.25) is 0 Å². The Balaban J connectivity index is 2.22. The first-order chi connectivity index (χ1) is 10.6. The predicted molar refractivity (Wildman–Crippen MR) is 83.6 cm³/mol. The molecular weight excluding hydrogens is 282 g/mol. The lowest BCUT2D eigenvalue weighted by Crippen LogP contribution is -2.15. The molecule has 0 saturated heterocycles. The molecular formula is C16H19N3O3. The molecule has 0 aliphatic carbocycles. The van der Waals surface area contributed by atoms with Gasteiger partial charge in [0, 0.05) is 24.4 Å². The molecule has 2 rings (SSSR count). The highest BCUT2D eigenvalue weighted by atomic mass is 16.5. The summed E-state index contributed by atoms with van der Waals surface area (Å²) in [6, 6.07) is 5.18. The molecule has 0 radical (unpaired) electrons. The zero-order valence-electron chi connectivity index (χ0n) is 13.1. The number of anilines is 1. The molecule has 1 amide bonds. The number of rotatable bonds is 5. The summed E-state index contributed by atoms with van der Waals surface area (Å²) in [6.07, 6.45) is 2.29. The van der Waals surface area contributed by atoms with Crippen molar-refractivity contribution in [1.29, 1.82) is 0 Å². The maximum absolute atomic E-state index is 12.3. The lowest BCUT2D eigenvalue weighted by Gasteiger charge is -2.11. The number of nitrogens with one attached hydrogen (secondary N) is 1. The van der Waals surface area contributed by atoms with E-state index < -0.39 is 0 Å². The van der Waals surface area contributed by atoms with Gasteiger partial charge in [-0.25, -0.2) is 9.97 Å². The minimum atomic E-state index is -0.257. The SMILES string of the molecule is CCc1ncc(C(=O)Nc2ccc(OC)c(OC)c2)c(C)n1. The molecule has 2 aromatic rings. The van der Waals surface area contributed by atoms with E-state index in [0.29, 0.717) is 28.4 Å². The average Bonchev–Trinajstić information content (AvgIpc) is 2.54. The number of carbonyl (C=O) groups excluding carboxylic acids is 1. The fourth-order valence-electron chi connectivity index (χ4n) is 2.02. The number of ether oxygens (including phenoxy) is 2. The summed E-state index contributed by atoms with van der Waals surface area (Å²) in [5.41, 5.74) is 1.72. The first-order valence-corrected chi connectivity index (χ1v) is 6.95. The lowest BCUT2D eigenvalue weighted by molar-refractivity contribution is 0.102. The van der Waals surface area contributed by atoms with E-state index in [2.05, 4.69) is 15.3 Å². The van der Waals surface area contributed by atoms with Crippen molar-refractivity contribution in [3.8, 4) is 11.5 Å². The van der Waals surface area contributed by atoms with Crippen molar-refractivity contribution in [2.24, 2.45) is 0 Å². The van der Waals surface area contributed by atoms with Crippen LogP contribution in [-0.2, 0) is 6.42 Å². The quantitative estimate of drug-likeness (QED) is 0.919. The van der Waals surface area contributed by atoms with Crippen molar-refractivity contribution < 1.29 is 14.3 Å². The number of benzene rings is 1. The number of aryl methyl sites for hydroxylation is 2. The van der Waals surface area contributed by atoms with Gasteiger partial charge in [0.1, 0.15) is 5.82 Å². The Labute approximate surface area is 129 Å². The Hall–Kier alpha value is -2.63. The normalized spacial score (nSPS) is 10.2. The number of aromatic nitrogens is 2. The number of amides is 1. The topological polar surface area (TPSA) is 73.3 Å². The predicted octanol–water partition coefficient (Wildman–Crippen LogP) is 2.62. The Morgan fingerprint density at radius 2 is 1.95 bits per heavy atom. The molecule has 0 unspecified atom stereocenters. The van der Waals surface area contributed by atoms with Crippen LogP contribution in [0.25, 0.3) is 0 Å². The largest absolute Gasteiger partial charge is 0.493 e. The van der Waals surface area contributed by atoms with Gasteiger partial charge in [-0.05, 0) is 19.1 Å². The second-order valence-corrected chi connectivity index (χ2v) is 4.66. The fourth-order valence-corrected chi connectivity index (χ4v) is 2.02. The van der Waals surface area contributed by atoms with E-state index >= 15 is 0 Å². The third kappa shape index (κ3) is 3.33. The molecule has 0 spiro atoms. The van der Waals surface area contributed by atoms with E-state index in [9.17, 15) is 4.79 Å². The first kappa shape index (κ1) is 15.8. The van der Waals surface area contributed by atoms with Gasteiger partial charge in [-0.2, -0.15) is 0 Å². The van der Waals surface area contributed by atoms with Crippen LogP contribution in [0.1, 0.15) is 28.8 Å². The van der Waals surface area contributed by atoms with Gasteiger partial charge in [0.05, 0.1) is 25.5 Å². The van der Waals surface area contributed by atoms with E-state index in [0.717, 1.165) is 12.2 Å². The van der Waals surface area contributed by atoms with E-state index in [1.54, 1.807) is 45.5 Å². The van der Waals surface area contributed by atoms with E-state index in [4.69, 9.17) is 9.47 Å².